The Kier molecular flexibility index (Phi) is 8.16. The summed E-state index contributed by atoms with van der Waals surface area (Å²) >= 11 is 0. The van der Waals surface area contributed by atoms with E-state index in [1.165, 1.54) is 6.92 Å². The summed E-state index contributed by atoms with van der Waals surface area (Å²) in [6, 6.07) is 5.63. The van der Waals surface area contributed by atoms with E-state index in [0.717, 1.165) is 31.5 Å². The fraction of sp³-hybridized carbons (Fsp3) is 0.696. The van der Waals surface area contributed by atoms with Crippen molar-refractivity contribution in [2.24, 2.45) is 0 Å². The Balaban J connectivity index is 1.75. The van der Waals surface area contributed by atoms with Crippen molar-refractivity contribution in [3.63, 3.8) is 0 Å². The summed E-state index contributed by atoms with van der Waals surface area (Å²) in [5.41, 5.74) is 0.0609. The van der Waals surface area contributed by atoms with Gasteiger partial charge in [0.05, 0.1) is 38.1 Å². The van der Waals surface area contributed by atoms with Gasteiger partial charge in [0.15, 0.2) is 11.5 Å². The molecule has 0 bridgehead atoms. The summed E-state index contributed by atoms with van der Waals surface area (Å²) in [6.45, 7) is 6.18. The van der Waals surface area contributed by atoms with Crippen molar-refractivity contribution in [1.29, 1.82) is 0 Å². The second-order valence-corrected chi connectivity index (χ2v) is 8.69. The minimum Gasteiger partial charge on any atom is -0.493 e. The van der Waals surface area contributed by atoms with Gasteiger partial charge >= 0.3 is 0 Å². The maximum Gasteiger partial charge on any atom is 0.217 e. The van der Waals surface area contributed by atoms with Crippen molar-refractivity contribution < 1.29 is 28.8 Å². The quantitative estimate of drug-likeness (QED) is 0.600. The van der Waals surface area contributed by atoms with E-state index in [1.807, 2.05) is 18.2 Å². The lowest BCUT2D eigenvalue weighted by Gasteiger charge is -2.42. The third-order valence-electron chi connectivity index (χ3n) is 6.22. The summed E-state index contributed by atoms with van der Waals surface area (Å²) in [6.07, 6.45) is 2.56. The fourth-order valence-corrected chi connectivity index (χ4v) is 4.55. The van der Waals surface area contributed by atoms with Crippen molar-refractivity contribution in [3.05, 3.63) is 23.8 Å². The van der Waals surface area contributed by atoms with Gasteiger partial charge in [-0.15, -0.1) is 0 Å². The molecule has 2 heterocycles. The molecule has 0 saturated carbocycles. The van der Waals surface area contributed by atoms with Crippen LogP contribution in [0, 0.1) is 0 Å². The molecule has 174 valence electrons. The number of methoxy groups -OCH3 is 2. The van der Waals surface area contributed by atoms with E-state index >= 15 is 0 Å². The van der Waals surface area contributed by atoms with Crippen LogP contribution in [0.1, 0.15) is 38.7 Å². The molecule has 8 nitrogen and oxygen atoms in total. The molecule has 0 aliphatic carbocycles. The molecule has 0 radical (unpaired) electrons. The highest BCUT2D eigenvalue weighted by atomic mass is 16.5. The molecule has 1 aromatic rings. The van der Waals surface area contributed by atoms with E-state index in [-0.39, 0.29) is 18.1 Å². The van der Waals surface area contributed by atoms with E-state index in [2.05, 4.69) is 10.2 Å². The molecule has 0 spiro atoms. The predicted octanol–water partition coefficient (Wildman–Crippen LogP) is 1.73. The van der Waals surface area contributed by atoms with Crippen LogP contribution in [0.4, 0.5) is 0 Å². The second kappa shape index (κ2) is 10.6. The van der Waals surface area contributed by atoms with Gasteiger partial charge in [-0.05, 0) is 50.4 Å². The lowest BCUT2D eigenvalue weighted by Crippen LogP contribution is -2.55. The monoisotopic (exact) mass is 436 g/mol. The lowest BCUT2D eigenvalue weighted by molar-refractivity contribution is -0.122. The first-order chi connectivity index (χ1) is 14.8. The van der Waals surface area contributed by atoms with Crippen LogP contribution in [0.15, 0.2) is 18.2 Å². The molecule has 1 amide bonds. The minimum absolute atomic E-state index is 0.0367. The normalized spacial score (nSPS) is 29.0. The summed E-state index contributed by atoms with van der Waals surface area (Å²) in [5, 5.41) is 14.0. The van der Waals surface area contributed by atoms with Crippen molar-refractivity contribution in [1.82, 2.24) is 10.2 Å². The molecule has 2 aliphatic rings. The van der Waals surface area contributed by atoms with Gasteiger partial charge in [0.1, 0.15) is 6.61 Å². The smallest absolute Gasteiger partial charge is 0.217 e. The molecular formula is C23H36N2O6. The zero-order valence-electron chi connectivity index (χ0n) is 19.1. The number of rotatable bonds is 8. The van der Waals surface area contributed by atoms with Crippen LogP contribution in [0.25, 0.3) is 0 Å². The van der Waals surface area contributed by atoms with Crippen LogP contribution < -0.4 is 14.8 Å². The molecule has 4 atom stereocenters. The first-order valence-corrected chi connectivity index (χ1v) is 11.0. The Morgan fingerprint density at radius 3 is 2.84 bits per heavy atom. The number of hydrogen-bond donors (Lipinski definition) is 2. The highest BCUT2D eigenvalue weighted by Gasteiger charge is 2.44. The maximum atomic E-state index is 11.6. The molecule has 0 aromatic heterocycles. The van der Waals surface area contributed by atoms with E-state index in [1.54, 1.807) is 21.1 Å². The lowest BCUT2D eigenvalue weighted by atomic mass is 9.85. The summed E-state index contributed by atoms with van der Waals surface area (Å²) in [4.78, 5) is 14.0. The zero-order chi connectivity index (χ0) is 22.4. The van der Waals surface area contributed by atoms with Crippen LogP contribution in [0.5, 0.6) is 11.5 Å². The van der Waals surface area contributed by atoms with Crippen molar-refractivity contribution in [3.8, 4) is 11.5 Å². The number of amides is 1. The van der Waals surface area contributed by atoms with Crippen LogP contribution in [-0.4, -0.2) is 80.3 Å². The maximum absolute atomic E-state index is 11.6. The number of nitrogens with one attached hydrogen (secondary N) is 1. The van der Waals surface area contributed by atoms with Gasteiger partial charge in [-0.3, -0.25) is 9.69 Å². The Morgan fingerprint density at radius 2 is 2.13 bits per heavy atom. The fourth-order valence-electron chi connectivity index (χ4n) is 4.55. The molecule has 0 unspecified atom stereocenters. The van der Waals surface area contributed by atoms with E-state index in [9.17, 15) is 9.90 Å². The predicted molar refractivity (Wildman–Crippen MR) is 116 cm³/mol. The first-order valence-electron chi connectivity index (χ1n) is 11.0. The van der Waals surface area contributed by atoms with Crippen molar-refractivity contribution in [2.75, 3.05) is 40.6 Å². The largest absolute Gasteiger partial charge is 0.493 e. The Hall–Kier alpha value is -1.87. The van der Waals surface area contributed by atoms with Crippen LogP contribution >= 0.6 is 0 Å². The van der Waals surface area contributed by atoms with Gasteiger partial charge < -0.3 is 29.4 Å². The molecule has 1 aromatic carbocycles. The third kappa shape index (κ3) is 6.10. The molecule has 8 heteroatoms. The number of fused-ring (bicyclic) bond motifs is 1. The molecular weight excluding hydrogens is 400 g/mol. The second-order valence-electron chi connectivity index (χ2n) is 8.69. The Bertz CT molecular complexity index is 741. The van der Waals surface area contributed by atoms with E-state index < -0.39 is 11.6 Å². The summed E-state index contributed by atoms with van der Waals surface area (Å²) in [7, 11) is 3.27. The number of hydrogen-bond acceptors (Lipinski definition) is 7. The SMILES string of the molecule is COCCOc1cc(CN2CCC[C@H]3OC[C@@H](NC(C)=O)[C@](C)(O)C[C@H]32)ccc1OC. The Morgan fingerprint density at radius 1 is 1.32 bits per heavy atom. The summed E-state index contributed by atoms with van der Waals surface area (Å²) in [5.74, 6) is 1.23. The topological polar surface area (TPSA) is 89.5 Å². The number of carbonyl (C=O) groups excluding carboxylic acids is 1. The van der Waals surface area contributed by atoms with Crippen molar-refractivity contribution >= 4 is 5.91 Å². The number of likely N-dealkylation sites (tertiary alicyclic amines) is 1. The Labute approximate surface area is 184 Å². The van der Waals surface area contributed by atoms with Gasteiger partial charge in [-0.1, -0.05) is 6.07 Å². The van der Waals surface area contributed by atoms with Crippen LogP contribution in [0.3, 0.4) is 0 Å². The third-order valence-corrected chi connectivity index (χ3v) is 6.22. The summed E-state index contributed by atoms with van der Waals surface area (Å²) < 4.78 is 22.5. The molecule has 2 aliphatic heterocycles. The van der Waals surface area contributed by atoms with Gasteiger partial charge in [0, 0.05) is 26.6 Å². The number of ether oxygens (including phenoxy) is 4. The molecule has 3 rings (SSSR count). The molecule has 2 saturated heterocycles. The number of piperidine rings is 1. The minimum atomic E-state index is -1.05. The molecule has 2 N–H and O–H groups in total. The van der Waals surface area contributed by atoms with Gasteiger partial charge in [0.25, 0.3) is 0 Å². The van der Waals surface area contributed by atoms with E-state index in [4.69, 9.17) is 18.9 Å². The number of nitrogens with zero attached hydrogens (tertiary/aromatic N) is 1. The van der Waals surface area contributed by atoms with Crippen molar-refractivity contribution in [2.45, 2.75) is 63.4 Å². The average Bonchev–Trinajstić information content (AvgIpc) is 2.85. The zero-order valence-corrected chi connectivity index (χ0v) is 19.1. The highest BCUT2D eigenvalue weighted by molar-refractivity contribution is 5.73. The van der Waals surface area contributed by atoms with Gasteiger partial charge in [-0.2, -0.15) is 0 Å². The highest BCUT2D eigenvalue weighted by Crippen LogP contribution is 2.34. The standard InChI is InChI=1S/C23H36N2O6/c1-16(26)24-22-15-31-19-6-5-9-25(18(19)13-23(22,2)27)14-17-7-8-20(29-4)21(12-17)30-11-10-28-3/h7-8,12,18-19,22,27H,5-6,9-11,13-15H2,1-4H3,(H,24,26)/t18-,19-,22-,23-/m1/s1. The number of benzene rings is 1. The van der Waals surface area contributed by atoms with Gasteiger partial charge in [-0.25, -0.2) is 0 Å². The average molecular weight is 437 g/mol. The van der Waals surface area contributed by atoms with Gasteiger partial charge in [0.2, 0.25) is 5.91 Å². The number of carbonyl (C=O) groups is 1. The molecule has 2 fully saturated rings. The first kappa shape index (κ1) is 23.8. The van der Waals surface area contributed by atoms with Crippen LogP contribution in [-0.2, 0) is 20.8 Å². The van der Waals surface area contributed by atoms with E-state index in [0.29, 0.717) is 37.7 Å². The number of aliphatic hydroxyl groups is 1. The van der Waals surface area contributed by atoms with Crippen LogP contribution in [0.2, 0.25) is 0 Å². The molecule has 31 heavy (non-hydrogen) atoms.